The summed E-state index contributed by atoms with van der Waals surface area (Å²) in [6.07, 6.45) is 1.27. The highest BCUT2D eigenvalue weighted by molar-refractivity contribution is 5.82. The van der Waals surface area contributed by atoms with Crippen molar-refractivity contribution >= 4 is 12.0 Å². The molecule has 6 heteroatoms. The third-order valence-electron chi connectivity index (χ3n) is 3.62. The fourth-order valence-corrected chi connectivity index (χ4v) is 2.58. The molecule has 6 nitrogen and oxygen atoms in total. The number of hydrogen-bond donors (Lipinski definition) is 1. The first-order valence-corrected chi connectivity index (χ1v) is 6.91. The number of amides is 2. The molecule has 0 radical (unpaired) electrons. The van der Waals surface area contributed by atoms with Crippen molar-refractivity contribution in [2.45, 2.75) is 18.9 Å². The zero-order valence-electron chi connectivity index (χ0n) is 12.3. The molecule has 2 amide bonds. The van der Waals surface area contributed by atoms with E-state index >= 15 is 0 Å². The van der Waals surface area contributed by atoms with Crippen molar-refractivity contribution in [3.8, 4) is 5.75 Å². The summed E-state index contributed by atoms with van der Waals surface area (Å²) in [6, 6.07) is 7.77. The van der Waals surface area contributed by atoms with Crippen LogP contribution < -0.4 is 10.1 Å². The van der Waals surface area contributed by atoms with E-state index in [-0.39, 0.29) is 18.5 Å². The van der Waals surface area contributed by atoms with E-state index < -0.39 is 6.09 Å². The molecule has 1 atom stereocenters. The minimum absolute atomic E-state index is 0.0343. The van der Waals surface area contributed by atoms with Crippen LogP contribution in [0.2, 0.25) is 0 Å². The van der Waals surface area contributed by atoms with E-state index in [9.17, 15) is 9.59 Å². The molecular weight excluding hydrogens is 272 g/mol. The fraction of sp³-hybridized carbons (Fsp3) is 0.467. The summed E-state index contributed by atoms with van der Waals surface area (Å²) < 4.78 is 9.69. The lowest BCUT2D eigenvalue weighted by Gasteiger charge is -2.25. The molecule has 1 aromatic rings. The molecule has 1 heterocycles. The highest BCUT2D eigenvalue weighted by Gasteiger charge is 2.30. The Morgan fingerprint density at radius 1 is 1.38 bits per heavy atom. The van der Waals surface area contributed by atoms with Gasteiger partial charge in [0.15, 0.2) is 0 Å². The van der Waals surface area contributed by atoms with Crippen LogP contribution in [-0.2, 0) is 9.53 Å². The molecular formula is C15H20N2O4. The maximum absolute atomic E-state index is 12.2. The molecule has 2 rings (SSSR count). The van der Waals surface area contributed by atoms with Crippen molar-refractivity contribution in [2.24, 2.45) is 0 Å². The lowest BCUT2D eigenvalue weighted by molar-refractivity contribution is -0.131. The van der Waals surface area contributed by atoms with Gasteiger partial charge < -0.3 is 19.7 Å². The number of carbonyl (C=O) groups is 2. The van der Waals surface area contributed by atoms with Crippen molar-refractivity contribution in [3.63, 3.8) is 0 Å². The van der Waals surface area contributed by atoms with E-state index in [4.69, 9.17) is 4.74 Å². The van der Waals surface area contributed by atoms with Gasteiger partial charge in [-0.25, -0.2) is 4.79 Å². The topological polar surface area (TPSA) is 67.9 Å². The van der Waals surface area contributed by atoms with Gasteiger partial charge in [-0.2, -0.15) is 0 Å². The van der Waals surface area contributed by atoms with Crippen LogP contribution in [0.15, 0.2) is 24.3 Å². The van der Waals surface area contributed by atoms with Crippen LogP contribution in [0, 0.1) is 0 Å². The van der Waals surface area contributed by atoms with Gasteiger partial charge in [0.2, 0.25) is 5.91 Å². The predicted octanol–water partition coefficient (Wildman–Crippen LogP) is 1.71. The first-order valence-electron chi connectivity index (χ1n) is 6.91. The van der Waals surface area contributed by atoms with Gasteiger partial charge in [0.1, 0.15) is 12.3 Å². The third kappa shape index (κ3) is 3.65. The molecule has 1 aromatic carbocycles. The zero-order valence-corrected chi connectivity index (χ0v) is 12.3. The molecule has 1 fully saturated rings. The van der Waals surface area contributed by atoms with Crippen LogP contribution in [-0.4, -0.2) is 44.2 Å². The Kier molecular flexibility index (Phi) is 5.03. The minimum Gasteiger partial charge on any atom is -0.497 e. The SMILES string of the molecule is COC(=O)NCC(=O)N1CCC[C@H]1c1cccc(OC)c1. The second kappa shape index (κ2) is 6.97. The van der Waals surface area contributed by atoms with Gasteiger partial charge in [-0.3, -0.25) is 4.79 Å². The number of likely N-dealkylation sites (tertiary alicyclic amines) is 1. The summed E-state index contributed by atoms with van der Waals surface area (Å²) in [5, 5.41) is 2.43. The Labute approximate surface area is 124 Å². The van der Waals surface area contributed by atoms with Crippen LogP contribution >= 0.6 is 0 Å². The van der Waals surface area contributed by atoms with Gasteiger partial charge in [0, 0.05) is 6.54 Å². The van der Waals surface area contributed by atoms with Gasteiger partial charge in [-0.05, 0) is 30.5 Å². The number of hydrogen-bond acceptors (Lipinski definition) is 4. The number of methoxy groups -OCH3 is 2. The largest absolute Gasteiger partial charge is 0.497 e. The first-order chi connectivity index (χ1) is 10.2. The maximum Gasteiger partial charge on any atom is 0.407 e. The molecule has 1 N–H and O–H groups in total. The van der Waals surface area contributed by atoms with E-state index in [0.717, 1.165) is 24.2 Å². The molecule has 1 aliphatic rings. The molecule has 0 bridgehead atoms. The van der Waals surface area contributed by atoms with Crippen molar-refractivity contribution in [1.29, 1.82) is 0 Å². The van der Waals surface area contributed by atoms with Crippen LogP contribution in [0.3, 0.4) is 0 Å². The lowest BCUT2D eigenvalue weighted by Crippen LogP contribution is -2.39. The average Bonchev–Trinajstić information content (AvgIpc) is 3.01. The van der Waals surface area contributed by atoms with Crippen LogP contribution in [0.4, 0.5) is 4.79 Å². The van der Waals surface area contributed by atoms with E-state index in [2.05, 4.69) is 10.1 Å². The van der Waals surface area contributed by atoms with Gasteiger partial charge in [0.05, 0.1) is 20.3 Å². The number of carbonyl (C=O) groups excluding carboxylic acids is 2. The Balaban J connectivity index is 2.05. The summed E-state index contributed by atoms with van der Waals surface area (Å²) in [5.41, 5.74) is 1.05. The standard InChI is InChI=1S/C15H20N2O4/c1-20-12-6-3-5-11(9-12)13-7-4-8-17(13)14(18)10-16-15(19)21-2/h3,5-6,9,13H,4,7-8,10H2,1-2H3,(H,16,19)/t13-/m0/s1. The van der Waals surface area contributed by atoms with Crippen molar-refractivity contribution in [2.75, 3.05) is 27.3 Å². The summed E-state index contributed by atoms with van der Waals surface area (Å²) in [7, 11) is 2.89. The molecule has 0 saturated carbocycles. The van der Waals surface area contributed by atoms with E-state index in [1.807, 2.05) is 24.3 Å². The molecule has 114 valence electrons. The Morgan fingerprint density at radius 3 is 2.90 bits per heavy atom. The zero-order chi connectivity index (χ0) is 15.2. The van der Waals surface area contributed by atoms with Crippen molar-refractivity contribution in [1.82, 2.24) is 10.2 Å². The summed E-state index contributed by atoms with van der Waals surface area (Å²) in [4.78, 5) is 25.1. The van der Waals surface area contributed by atoms with Gasteiger partial charge in [-0.1, -0.05) is 12.1 Å². The Morgan fingerprint density at radius 2 is 2.19 bits per heavy atom. The number of benzene rings is 1. The Bertz CT molecular complexity index is 518. The highest BCUT2D eigenvalue weighted by Crippen LogP contribution is 2.33. The molecule has 1 aliphatic heterocycles. The smallest absolute Gasteiger partial charge is 0.407 e. The van der Waals surface area contributed by atoms with Crippen LogP contribution in [0.25, 0.3) is 0 Å². The fourth-order valence-electron chi connectivity index (χ4n) is 2.58. The maximum atomic E-state index is 12.2. The van der Waals surface area contributed by atoms with Gasteiger partial charge in [0.25, 0.3) is 0 Å². The molecule has 0 aromatic heterocycles. The molecule has 0 aliphatic carbocycles. The first kappa shape index (κ1) is 15.2. The molecule has 21 heavy (non-hydrogen) atoms. The van der Waals surface area contributed by atoms with E-state index in [1.54, 1.807) is 12.0 Å². The molecule has 1 saturated heterocycles. The quantitative estimate of drug-likeness (QED) is 0.917. The van der Waals surface area contributed by atoms with Gasteiger partial charge in [-0.15, -0.1) is 0 Å². The average molecular weight is 292 g/mol. The number of nitrogens with one attached hydrogen (secondary N) is 1. The summed E-state index contributed by atoms with van der Waals surface area (Å²) in [5.74, 6) is 0.671. The normalized spacial score (nSPS) is 17.4. The van der Waals surface area contributed by atoms with Crippen LogP contribution in [0.1, 0.15) is 24.4 Å². The number of ether oxygens (including phenoxy) is 2. The summed E-state index contributed by atoms with van der Waals surface area (Å²) in [6.45, 7) is 0.650. The van der Waals surface area contributed by atoms with Gasteiger partial charge >= 0.3 is 6.09 Å². The lowest BCUT2D eigenvalue weighted by atomic mass is 10.0. The number of rotatable bonds is 4. The van der Waals surface area contributed by atoms with Crippen LogP contribution in [0.5, 0.6) is 5.75 Å². The molecule has 0 spiro atoms. The minimum atomic E-state index is -0.597. The number of nitrogens with zero attached hydrogens (tertiary/aromatic N) is 1. The van der Waals surface area contributed by atoms with E-state index in [0.29, 0.717) is 6.54 Å². The van der Waals surface area contributed by atoms with E-state index in [1.165, 1.54) is 7.11 Å². The summed E-state index contributed by atoms with van der Waals surface area (Å²) >= 11 is 0. The predicted molar refractivity (Wildman–Crippen MR) is 77.1 cm³/mol. The monoisotopic (exact) mass is 292 g/mol. The third-order valence-corrected chi connectivity index (χ3v) is 3.62. The van der Waals surface area contributed by atoms with Crippen molar-refractivity contribution < 1.29 is 19.1 Å². The van der Waals surface area contributed by atoms with Crippen molar-refractivity contribution in [3.05, 3.63) is 29.8 Å². The molecule has 0 unspecified atom stereocenters. The second-order valence-corrected chi connectivity index (χ2v) is 4.87. The highest BCUT2D eigenvalue weighted by atomic mass is 16.5. The Hall–Kier alpha value is -2.24. The second-order valence-electron chi connectivity index (χ2n) is 4.87. The number of alkyl carbamates (subject to hydrolysis) is 1.